The number of methoxy groups -OCH3 is 2. The van der Waals surface area contributed by atoms with Crippen molar-refractivity contribution in [3.05, 3.63) is 23.3 Å². The van der Waals surface area contributed by atoms with Gasteiger partial charge in [0.25, 0.3) is 0 Å². The van der Waals surface area contributed by atoms with E-state index in [-0.39, 0.29) is 0 Å². The van der Waals surface area contributed by atoms with Crippen molar-refractivity contribution in [2.45, 2.75) is 13.2 Å². The number of hydrogen-bond acceptors (Lipinski definition) is 4. The Morgan fingerprint density at radius 2 is 1.73 bits per heavy atom. The molecule has 84 valence electrons. The monoisotopic (exact) mass is 211 g/mol. The molecule has 0 amide bonds. The first-order chi connectivity index (χ1) is 7.13. The van der Waals surface area contributed by atoms with Crippen LogP contribution < -0.4 is 14.8 Å². The molecule has 1 rings (SSSR count). The van der Waals surface area contributed by atoms with Crippen molar-refractivity contribution < 1.29 is 14.6 Å². The Bertz CT molecular complexity index is 339. The van der Waals surface area contributed by atoms with E-state index in [1.807, 2.05) is 13.0 Å². The second-order valence-electron chi connectivity index (χ2n) is 3.25. The maximum Gasteiger partial charge on any atom is 0.161 e. The summed E-state index contributed by atoms with van der Waals surface area (Å²) in [7, 11) is 4.86. The highest BCUT2D eigenvalue weighted by atomic mass is 16.5. The summed E-state index contributed by atoms with van der Waals surface area (Å²) in [6.45, 7) is 1.91. The van der Waals surface area contributed by atoms with E-state index in [0.29, 0.717) is 11.5 Å². The molecule has 0 spiro atoms. The smallest absolute Gasteiger partial charge is 0.161 e. The highest BCUT2D eigenvalue weighted by Crippen LogP contribution is 2.32. The zero-order valence-electron chi connectivity index (χ0n) is 9.50. The molecule has 0 saturated heterocycles. The Labute approximate surface area is 89.8 Å². The molecule has 1 aromatic rings. The van der Waals surface area contributed by atoms with Gasteiger partial charge in [-0.2, -0.15) is 0 Å². The molecule has 0 aliphatic heterocycles. The third-order valence-corrected chi connectivity index (χ3v) is 2.34. The lowest BCUT2D eigenvalue weighted by molar-refractivity contribution is 0.148. The SMILES string of the molecule is CNC(O)c1cc(OC)c(OC)cc1C. The number of aryl methyl sites for hydroxylation is 1. The molecule has 4 heteroatoms. The lowest BCUT2D eigenvalue weighted by atomic mass is 10.1. The first-order valence-corrected chi connectivity index (χ1v) is 4.71. The average molecular weight is 211 g/mol. The van der Waals surface area contributed by atoms with E-state index in [4.69, 9.17) is 9.47 Å². The predicted octanol–water partition coefficient (Wildman–Crippen LogP) is 1.22. The van der Waals surface area contributed by atoms with E-state index in [9.17, 15) is 5.11 Å². The number of aliphatic hydroxyl groups excluding tert-OH is 1. The van der Waals surface area contributed by atoms with Crippen LogP contribution in [0.1, 0.15) is 17.4 Å². The van der Waals surface area contributed by atoms with Crippen LogP contribution in [0, 0.1) is 6.92 Å². The molecule has 1 aromatic carbocycles. The Morgan fingerprint density at radius 1 is 1.20 bits per heavy atom. The molecule has 0 heterocycles. The van der Waals surface area contributed by atoms with E-state index < -0.39 is 6.23 Å². The van der Waals surface area contributed by atoms with Gasteiger partial charge in [-0.1, -0.05) is 0 Å². The van der Waals surface area contributed by atoms with Crippen LogP contribution in [0.15, 0.2) is 12.1 Å². The summed E-state index contributed by atoms with van der Waals surface area (Å²) < 4.78 is 10.3. The molecule has 0 aliphatic rings. The molecule has 0 bridgehead atoms. The van der Waals surface area contributed by atoms with Crippen LogP contribution in [0.3, 0.4) is 0 Å². The Hall–Kier alpha value is -1.26. The van der Waals surface area contributed by atoms with Crippen molar-refractivity contribution in [1.29, 1.82) is 0 Å². The van der Waals surface area contributed by atoms with Gasteiger partial charge < -0.3 is 14.6 Å². The van der Waals surface area contributed by atoms with Crippen molar-refractivity contribution >= 4 is 0 Å². The fourth-order valence-corrected chi connectivity index (χ4v) is 1.45. The van der Waals surface area contributed by atoms with Gasteiger partial charge in [0.05, 0.1) is 14.2 Å². The van der Waals surface area contributed by atoms with Gasteiger partial charge >= 0.3 is 0 Å². The molecule has 0 fully saturated rings. The minimum Gasteiger partial charge on any atom is -0.493 e. The molecule has 0 saturated carbocycles. The minimum atomic E-state index is -0.690. The van der Waals surface area contributed by atoms with E-state index in [1.54, 1.807) is 27.3 Å². The minimum absolute atomic E-state index is 0.618. The largest absolute Gasteiger partial charge is 0.493 e. The molecule has 2 N–H and O–H groups in total. The Balaban J connectivity index is 3.19. The van der Waals surface area contributed by atoms with Crippen LogP contribution in [-0.4, -0.2) is 26.4 Å². The van der Waals surface area contributed by atoms with Crippen LogP contribution >= 0.6 is 0 Å². The van der Waals surface area contributed by atoms with Crippen molar-refractivity contribution in [3.8, 4) is 11.5 Å². The van der Waals surface area contributed by atoms with Crippen LogP contribution in [-0.2, 0) is 0 Å². The summed E-state index contributed by atoms with van der Waals surface area (Å²) in [5.74, 6) is 1.29. The summed E-state index contributed by atoms with van der Waals surface area (Å²) in [5.41, 5.74) is 1.74. The van der Waals surface area contributed by atoms with E-state index in [1.165, 1.54) is 0 Å². The lowest BCUT2D eigenvalue weighted by Gasteiger charge is -2.16. The molecule has 1 unspecified atom stereocenters. The summed E-state index contributed by atoms with van der Waals surface area (Å²) in [4.78, 5) is 0. The van der Waals surface area contributed by atoms with Gasteiger partial charge in [0.15, 0.2) is 11.5 Å². The third kappa shape index (κ3) is 2.40. The van der Waals surface area contributed by atoms with Gasteiger partial charge in [-0.3, -0.25) is 5.32 Å². The summed E-state index contributed by atoms with van der Waals surface area (Å²) in [5, 5.41) is 12.5. The van der Waals surface area contributed by atoms with Gasteiger partial charge in [-0.15, -0.1) is 0 Å². The van der Waals surface area contributed by atoms with Crippen LogP contribution in [0.25, 0.3) is 0 Å². The highest BCUT2D eigenvalue weighted by molar-refractivity contribution is 5.47. The maximum atomic E-state index is 9.69. The zero-order valence-corrected chi connectivity index (χ0v) is 9.50. The van der Waals surface area contributed by atoms with Gasteiger partial charge in [0.1, 0.15) is 6.23 Å². The first-order valence-electron chi connectivity index (χ1n) is 4.71. The number of ether oxygens (including phenoxy) is 2. The first kappa shape index (κ1) is 11.8. The summed E-state index contributed by atoms with van der Waals surface area (Å²) in [6, 6.07) is 3.62. The van der Waals surface area contributed by atoms with E-state index in [2.05, 4.69) is 5.32 Å². The molecule has 0 aliphatic carbocycles. The molecular weight excluding hydrogens is 194 g/mol. The second-order valence-corrected chi connectivity index (χ2v) is 3.25. The van der Waals surface area contributed by atoms with Gasteiger partial charge in [0.2, 0.25) is 0 Å². The molecule has 0 radical (unpaired) electrons. The van der Waals surface area contributed by atoms with Crippen molar-refractivity contribution in [1.82, 2.24) is 5.32 Å². The second kappa shape index (κ2) is 5.00. The van der Waals surface area contributed by atoms with Gasteiger partial charge in [-0.25, -0.2) is 0 Å². The normalized spacial score (nSPS) is 12.3. The van der Waals surface area contributed by atoms with Crippen molar-refractivity contribution in [2.24, 2.45) is 0 Å². The zero-order chi connectivity index (χ0) is 11.4. The maximum absolute atomic E-state index is 9.69. The van der Waals surface area contributed by atoms with Gasteiger partial charge in [0, 0.05) is 5.56 Å². The highest BCUT2D eigenvalue weighted by Gasteiger charge is 2.13. The number of benzene rings is 1. The van der Waals surface area contributed by atoms with Crippen LogP contribution in [0.5, 0.6) is 11.5 Å². The number of hydrogen-bond donors (Lipinski definition) is 2. The van der Waals surface area contributed by atoms with E-state index in [0.717, 1.165) is 11.1 Å². The van der Waals surface area contributed by atoms with Gasteiger partial charge in [-0.05, 0) is 31.7 Å². The Kier molecular flexibility index (Phi) is 3.94. The Morgan fingerprint density at radius 3 is 2.20 bits per heavy atom. The van der Waals surface area contributed by atoms with Crippen molar-refractivity contribution in [3.63, 3.8) is 0 Å². The summed E-state index contributed by atoms with van der Waals surface area (Å²) in [6.07, 6.45) is -0.690. The molecule has 0 aromatic heterocycles. The standard InChI is InChI=1S/C11H17NO3/c1-7-5-9(14-3)10(15-4)6-8(7)11(13)12-2/h5-6,11-13H,1-4H3. The van der Waals surface area contributed by atoms with Crippen molar-refractivity contribution in [2.75, 3.05) is 21.3 Å². The molecular formula is C11H17NO3. The third-order valence-electron chi connectivity index (χ3n) is 2.34. The number of nitrogens with one attached hydrogen (secondary N) is 1. The average Bonchev–Trinajstić information content (AvgIpc) is 2.27. The molecule has 15 heavy (non-hydrogen) atoms. The topological polar surface area (TPSA) is 50.7 Å². The number of rotatable bonds is 4. The summed E-state index contributed by atoms with van der Waals surface area (Å²) >= 11 is 0. The number of aliphatic hydroxyl groups is 1. The molecule has 4 nitrogen and oxygen atoms in total. The fraction of sp³-hybridized carbons (Fsp3) is 0.455. The van der Waals surface area contributed by atoms with E-state index >= 15 is 0 Å². The predicted molar refractivity (Wildman–Crippen MR) is 58.3 cm³/mol. The molecule has 1 atom stereocenters. The van der Waals surface area contributed by atoms with Crippen LogP contribution in [0.4, 0.5) is 0 Å². The fourth-order valence-electron chi connectivity index (χ4n) is 1.45. The quantitative estimate of drug-likeness (QED) is 0.735. The lowest BCUT2D eigenvalue weighted by Crippen LogP contribution is -2.16. The van der Waals surface area contributed by atoms with Crippen LogP contribution in [0.2, 0.25) is 0 Å².